The zero-order valence-corrected chi connectivity index (χ0v) is 15.6. The molecule has 0 aliphatic heterocycles. The molecule has 0 radical (unpaired) electrons. The highest BCUT2D eigenvalue weighted by Gasteiger charge is 2.08. The van der Waals surface area contributed by atoms with Gasteiger partial charge in [-0.05, 0) is 42.3 Å². The number of amides is 1. The largest absolute Gasteiger partial charge is 0.486 e. The van der Waals surface area contributed by atoms with Crippen molar-refractivity contribution in [3.63, 3.8) is 0 Å². The number of hydrogen-bond donors (Lipinski definition) is 1. The van der Waals surface area contributed by atoms with E-state index >= 15 is 0 Å². The number of halogens is 1. The Hall–Kier alpha value is -2.44. The van der Waals surface area contributed by atoms with Crippen LogP contribution in [0.5, 0.6) is 5.75 Å². The summed E-state index contributed by atoms with van der Waals surface area (Å²) in [4.78, 5) is 20.5. The van der Waals surface area contributed by atoms with E-state index in [1.807, 2.05) is 29.6 Å². The van der Waals surface area contributed by atoms with Gasteiger partial charge in [0.15, 0.2) is 0 Å². The van der Waals surface area contributed by atoms with Gasteiger partial charge in [-0.1, -0.05) is 17.7 Å². The van der Waals surface area contributed by atoms with Crippen molar-refractivity contribution in [2.45, 2.75) is 19.4 Å². The van der Waals surface area contributed by atoms with Crippen molar-refractivity contribution in [2.24, 2.45) is 0 Å². The predicted octanol–water partition coefficient (Wildman–Crippen LogP) is 3.67. The predicted molar refractivity (Wildman–Crippen MR) is 103 cm³/mol. The van der Waals surface area contributed by atoms with E-state index in [0.717, 1.165) is 28.4 Å². The minimum atomic E-state index is -0.0376. The number of carbonyl (C=O) groups excluding carboxylic acids is 1. The first-order chi connectivity index (χ1) is 12.7. The summed E-state index contributed by atoms with van der Waals surface area (Å²) in [6, 6.07) is 11.1. The zero-order chi connectivity index (χ0) is 18.2. The summed E-state index contributed by atoms with van der Waals surface area (Å²) < 4.78 is 5.66. The van der Waals surface area contributed by atoms with Crippen LogP contribution in [-0.2, 0) is 24.2 Å². The van der Waals surface area contributed by atoms with Crippen molar-refractivity contribution in [1.29, 1.82) is 0 Å². The van der Waals surface area contributed by atoms with Gasteiger partial charge in [-0.25, -0.2) is 4.98 Å². The third kappa shape index (κ3) is 5.82. The van der Waals surface area contributed by atoms with Gasteiger partial charge in [-0.3, -0.25) is 9.78 Å². The molecule has 26 heavy (non-hydrogen) atoms. The van der Waals surface area contributed by atoms with Gasteiger partial charge >= 0.3 is 0 Å². The highest BCUT2D eigenvalue weighted by Crippen LogP contribution is 2.18. The van der Waals surface area contributed by atoms with Gasteiger partial charge in [0.2, 0.25) is 5.91 Å². The van der Waals surface area contributed by atoms with Crippen LogP contribution in [0.1, 0.15) is 16.3 Å². The first kappa shape index (κ1) is 18.4. The summed E-state index contributed by atoms with van der Waals surface area (Å²) in [5.41, 5.74) is 1.85. The van der Waals surface area contributed by atoms with Crippen molar-refractivity contribution in [3.05, 3.63) is 75.5 Å². The van der Waals surface area contributed by atoms with E-state index in [1.54, 1.807) is 24.5 Å². The molecule has 7 heteroatoms. The lowest BCUT2D eigenvalue weighted by Crippen LogP contribution is -2.27. The lowest BCUT2D eigenvalue weighted by molar-refractivity contribution is -0.120. The molecule has 0 saturated heterocycles. The van der Waals surface area contributed by atoms with Crippen LogP contribution in [0.2, 0.25) is 5.02 Å². The topological polar surface area (TPSA) is 64.1 Å². The SMILES string of the molecule is O=C(Cc1csc(COc2ccc(Cl)cc2)n1)NCCc1cccnc1. The summed E-state index contributed by atoms with van der Waals surface area (Å²) in [6.07, 6.45) is 4.57. The van der Waals surface area contributed by atoms with Crippen molar-refractivity contribution in [3.8, 4) is 5.75 Å². The maximum absolute atomic E-state index is 12.0. The minimum absolute atomic E-state index is 0.0376. The van der Waals surface area contributed by atoms with E-state index in [9.17, 15) is 4.79 Å². The van der Waals surface area contributed by atoms with Gasteiger partial charge in [0.25, 0.3) is 0 Å². The second kappa shape index (κ2) is 9.31. The lowest BCUT2D eigenvalue weighted by atomic mass is 10.2. The Labute approximate surface area is 161 Å². The van der Waals surface area contributed by atoms with Gasteiger partial charge in [-0.15, -0.1) is 11.3 Å². The fraction of sp³-hybridized carbons (Fsp3) is 0.211. The molecule has 1 aromatic carbocycles. The van der Waals surface area contributed by atoms with Crippen LogP contribution < -0.4 is 10.1 Å². The van der Waals surface area contributed by atoms with Gasteiger partial charge < -0.3 is 10.1 Å². The Kier molecular flexibility index (Phi) is 6.57. The summed E-state index contributed by atoms with van der Waals surface area (Å²) in [5.74, 6) is 0.698. The molecule has 5 nitrogen and oxygen atoms in total. The molecular weight excluding hydrogens is 370 g/mol. The third-order valence-corrected chi connectivity index (χ3v) is 4.70. The first-order valence-corrected chi connectivity index (χ1v) is 9.42. The Bertz CT molecular complexity index is 838. The van der Waals surface area contributed by atoms with Crippen LogP contribution in [0.15, 0.2) is 54.2 Å². The molecule has 0 atom stereocenters. The summed E-state index contributed by atoms with van der Waals surface area (Å²) >= 11 is 7.33. The number of nitrogens with zero attached hydrogens (tertiary/aromatic N) is 2. The highest BCUT2D eigenvalue weighted by molar-refractivity contribution is 7.09. The van der Waals surface area contributed by atoms with E-state index in [-0.39, 0.29) is 12.3 Å². The Morgan fingerprint density at radius 3 is 2.85 bits per heavy atom. The standard InChI is InChI=1S/C19H18ClN3O2S/c20-15-3-5-17(6-4-15)25-12-19-23-16(13-26-19)10-18(24)22-9-7-14-2-1-8-21-11-14/h1-6,8,11,13H,7,9-10,12H2,(H,22,24). The van der Waals surface area contributed by atoms with Crippen LogP contribution >= 0.6 is 22.9 Å². The van der Waals surface area contributed by atoms with Crippen LogP contribution in [-0.4, -0.2) is 22.4 Å². The van der Waals surface area contributed by atoms with Gasteiger partial charge in [0.1, 0.15) is 17.4 Å². The number of pyridine rings is 1. The molecule has 3 rings (SSSR count). The van der Waals surface area contributed by atoms with E-state index in [4.69, 9.17) is 16.3 Å². The first-order valence-electron chi connectivity index (χ1n) is 8.16. The summed E-state index contributed by atoms with van der Waals surface area (Å²) in [6.45, 7) is 0.954. The number of nitrogens with one attached hydrogen (secondary N) is 1. The van der Waals surface area contributed by atoms with Gasteiger partial charge in [0.05, 0.1) is 12.1 Å². The molecule has 2 heterocycles. The molecule has 3 aromatic rings. The third-order valence-electron chi connectivity index (χ3n) is 3.58. The van der Waals surface area contributed by atoms with Crippen molar-refractivity contribution in [2.75, 3.05) is 6.54 Å². The number of aromatic nitrogens is 2. The van der Waals surface area contributed by atoms with Crippen LogP contribution in [0.3, 0.4) is 0 Å². The smallest absolute Gasteiger partial charge is 0.226 e. The quantitative estimate of drug-likeness (QED) is 0.640. The number of benzene rings is 1. The fourth-order valence-electron chi connectivity index (χ4n) is 2.29. The average molecular weight is 388 g/mol. The average Bonchev–Trinajstić information content (AvgIpc) is 3.09. The summed E-state index contributed by atoms with van der Waals surface area (Å²) in [7, 11) is 0. The lowest BCUT2D eigenvalue weighted by Gasteiger charge is -2.04. The fourth-order valence-corrected chi connectivity index (χ4v) is 3.12. The Balaban J connectivity index is 1.41. The van der Waals surface area contributed by atoms with Crippen LogP contribution in [0.4, 0.5) is 0 Å². The second-order valence-electron chi connectivity index (χ2n) is 5.61. The molecule has 0 bridgehead atoms. The Morgan fingerprint density at radius 2 is 2.08 bits per heavy atom. The molecule has 0 aliphatic carbocycles. The van der Waals surface area contributed by atoms with Crippen LogP contribution in [0, 0.1) is 0 Å². The van der Waals surface area contributed by atoms with E-state index < -0.39 is 0 Å². The molecular formula is C19H18ClN3O2S. The maximum atomic E-state index is 12.0. The molecule has 0 unspecified atom stereocenters. The van der Waals surface area contributed by atoms with E-state index in [0.29, 0.717) is 18.2 Å². The molecule has 0 aliphatic rings. The Morgan fingerprint density at radius 1 is 1.23 bits per heavy atom. The molecule has 0 fully saturated rings. The monoisotopic (exact) mass is 387 g/mol. The van der Waals surface area contributed by atoms with Crippen molar-refractivity contribution < 1.29 is 9.53 Å². The van der Waals surface area contributed by atoms with Crippen LogP contribution in [0.25, 0.3) is 0 Å². The second-order valence-corrected chi connectivity index (χ2v) is 6.99. The highest BCUT2D eigenvalue weighted by atomic mass is 35.5. The maximum Gasteiger partial charge on any atom is 0.226 e. The number of ether oxygens (including phenoxy) is 1. The van der Waals surface area contributed by atoms with Gasteiger partial charge in [0, 0.05) is 29.3 Å². The molecule has 1 N–H and O–H groups in total. The molecule has 134 valence electrons. The normalized spacial score (nSPS) is 10.5. The van der Waals surface area contributed by atoms with E-state index in [1.165, 1.54) is 11.3 Å². The van der Waals surface area contributed by atoms with Crippen molar-refractivity contribution >= 4 is 28.8 Å². The molecule has 1 amide bonds. The minimum Gasteiger partial charge on any atom is -0.486 e. The number of thiazole rings is 1. The zero-order valence-electron chi connectivity index (χ0n) is 14.0. The molecule has 0 spiro atoms. The molecule has 0 saturated carbocycles. The van der Waals surface area contributed by atoms with E-state index in [2.05, 4.69) is 15.3 Å². The number of hydrogen-bond acceptors (Lipinski definition) is 5. The number of rotatable bonds is 8. The number of carbonyl (C=O) groups is 1. The molecule has 2 aromatic heterocycles. The van der Waals surface area contributed by atoms with Gasteiger partial charge in [-0.2, -0.15) is 0 Å². The van der Waals surface area contributed by atoms with Crippen molar-refractivity contribution in [1.82, 2.24) is 15.3 Å². The summed E-state index contributed by atoms with van der Waals surface area (Å²) in [5, 5.41) is 6.30.